The van der Waals surface area contributed by atoms with Crippen LogP contribution in [-0.4, -0.2) is 4.98 Å². The monoisotopic (exact) mass is 230 g/mol. The van der Waals surface area contributed by atoms with E-state index in [0.29, 0.717) is 11.6 Å². The summed E-state index contributed by atoms with van der Waals surface area (Å²) in [6.45, 7) is 3.92. The minimum absolute atomic E-state index is 0.378. The van der Waals surface area contributed by atoms with Gasteiger partial charge in [-0.05, 0) is 42.5 Å². The summed E-state index contributed by atoms with van der Waals surface area (Å²) in [5.74, 6) is 0.471. The molecular weight excluding hydrogens is 220 g/mol. The summed E-state index contributed by atoms with van der Waals surface area (Å²) in [6.07, 6.45) is 0. The van der Waals surface area contributed by atoms with Crippen molar-refractivity contribution in [2.45, 2.75) is 13.8 Å². The van der Waals surface area contributed by atoms with Crippen LogP contribution in [-0.2, 0) is 0 Å². The number of hydrogen-bond acceptors (Lipinski definition) is 4. The van der Waals surface area contributed by atoms with Crippen molar-refractivity contribution < 1.29 is 4.74 Å². The minimum atomic E-state index is 0.378. The van der Waals surface area contributed by atoms with E-state index in [9.17, 15) is 0 Å². The highest BCUT2D eigenvalue weighted by Crippen LogP contribution is 2.27. The molecule has 16 heavy (non-hydrogen) atoms. The second-order valence-electron chi connectivity index (χ2n) is 3.52. The van der Waals surface area contributed by atoms with Gasteiger partial charge in [-0.2, -0.15) is 5.26 Å². The number of hydrogen-bond donors (Lipinski definition) is 0. The first-order valence-corrected chi connectivity index (χ1v) is 5.67. The zero-order valence-corrected chi connectivity index (χ0v) is 9.84. The Labute approximate surface area is 97.9 Å². The quantitative estimate of drug-likeness (QED) is 0.794. The summed E-state index contributed by atoms with van der Waals surface area (Å²) >= 11 is 1.52. The average Bonchev–Trinajstić information content (AvgIpc) is 2.63. The number of nitriles is 1. The Morgan fingerprint density at radius 1 is 1.25 bits per heavy atom. The van der Waals surface area contributed by atoms with Gasteiger partial charge in [0.2, 0.25) is 5.88 Å². The highest BCUT2D eigenvalue weighted by Gasteiger charge is 2.04. The molecule has 4 heteroatoms. The van der Waals surface area contributed by atoms with Crippen LogP contribution in [0.1, 0.15) is 16.8 Å². The van der Waals surface area contributed by atoms with Crippen LogP contribution < -0.4 is 4.74 Å². The molecule has 80 valence electrons. The van der Waals surface area contributed by atoms with E-state index < -0.39 is 0 Å². The summed E-state index contributed by atoms with van der Waals surface area (Å²) in [5, 5.41) is 11.6. The molecule has 0 aliphatic carbocycles. The maximum absolute atomic E-state index is 8.79. The lowest BCUT2D eigenvalue weighted by Gasteiger charge is -2.02. The fraction of sp³-hybridized carbons (Fsp3) is 0.167. The smallest absolute Gasteiger partial charge is 0.221 e. The second-order valence-corrected chi connectivity index (χ2v) is 4.40. The molecule has 0 bridgehead atoms. The highest BCUT2D eigenvalue weighted by molar-refractivity contribution is 7.12. The molecule has 0 saturated carbocycles. The van der Waals surface area contributed by atoms with Crippen LogP contribution in [0.5, 0.6) is 10.9 Å². The molecule has 0 radical (unpaired) electrons. The Kier molecular flexibility index (Phi) is 2.88. The van der Waals surface area contributed by atoms with Gasteiger partial charge < -0.3 is 4.74 Å². The van der Waals surface area contributed by atoms with Crippen LogP contribution in [0, 0.1) is 25.2 Å². The van der Waals surface area contributed by atoms with Crippen molar-refractivity contribution in [3.05, 3.63) is 40.4 Å². The molecular formula is C12H10N2OS. The first kappa shape index (κ1) is 10.7. The Hall–Kier alpha value is -1.86. The van der Waals surface area contributed by atoms with E-state index >= 15 is 0 Å². The third-order valence-corrected chi connectivity index (χ3v) is 2.90. The van der Waals surface area contributed by atoms with Gasteiger partial charge in [0.25, 0.3) is 0 Å². The zero-order valence-electron chi connectivity index (χ0n) is 9.02. The van der Waals surface area contributed by atoms with Gasteiger partial charge in [-0.3, -0.25) is 0 Å². The number of ether oxygens (including phenoxy) is 1. The van der Waals surface area contributed by atoms with E-state index in [-0.39, 0.29) is 0 Å². The lowest BCUT2D eigenvalue weighted by Crippen LogP contribution is -1.90. The Bertz CT molecular complexity index is 554. The molecule has 0 unspecified atom stereocenters. The standard InChI is InChI=1S/C12H10N2OS/c1-8-3-10(6-13)14-11(4-8)15-12-5-9(2)7-16-12/h3-5,7H,1-2H3. The Balaban J connectivity index is 2.28. The summed E-state index contributed by atoms with van der Waals surface area (Å²) in [5.41, 5.74) is 2.51. The summed E-state index contributed by atoms with van der Waals surface area (Å²) in [4.78, 5) is 4.08. The number of aryl methyl sites for hydroxylation is 2. The molecule has 2 rings (SSSR count). The number of aromatic nitrogens is 1. The fourth-order valence-electron chi connectivity index (χ4n) is 1.31. The van der Waals surface area contributed by atoms with Gasteiger partial charge in [-0.1, -0.05) is 0 Å². The van der Waals surface area contributed by atoms with Crippen molar-refractivity contribution in [2.75, 3.05) is 0 Å². The molecule has 2 aromatic rings. The van der Waals surface area contributed by atoms with E-state index in [1.165, 1.54) is 11.3 Å². The van der Waals surface area contributed by atoms with Crippen LogP contribution in [0.3, 0.4) is 0 Å². The number of nitrogens with zero attached hydrogens (tertiary/aromatic N) is 2. The lowest BCUT2D eigenvalue weighted by molar-refractivity contribution is 0.474. The van der Waals surface area contributed by atoms with Gasteiger partial charge in [-0.15, -0.1) is 11.3 Å². The first-order chi connectivity index (χ1) is 7.67. The van der Waals surface area contributed by atoms with Crippen LogP contribution in [0.4, 0.5) is 0 Å². The van der Waals surface area contributed by atoms with E-state index in [1.807, 2.05) is 37.4 Å². The molecule has 0 N–H and O–H groups in total. The highest BCUT2D eigenvalue weighted by atomic mass is 32.1. The second kappa shape index (κ2) is 4.33. The Morgan fingerprint density at radius 3 is 2.69 bits per heavy atom. The van der Waals surface area contributed by atoms with E-state index in [2.05, 4.69) is 4.98 Å². The van der Waals surface area contributed by atoms with Crippen LogP contribution in [0.15, 0.2) is 23.6 Å². The topological polar surface area (TPSA) is 45.9 Å². The van der Waals surface area contributed by atoms with Gasteiger partial charge in [0.05, 0.1) is 0 Å². The Morgan fingerprint density at radius 2 is 2.06 bits per heavy atom. The molecule has 0 saturated heterocycles. The maximum Gasteiger partial charge on any atom is 0.221 e. The van der Waals surface area contributed by atoms with Crippen LogP contribution in [0.2, 0.25) is 0 Å². The minimum Gasteiger partial charge on any atom is -0.428 e. The largest absolute Gasteiger partial charge is 0.428 e. The van der Waals surface area contributed by atoms with Crippen molar-refractivity contribution in [3.8, 4) is 17.0 Å². The van der Waals surface area contributed by atoms with Crippen LogP contribution in [0.25, 0.3) is 0 Å². The van der Waals surface area contributed by atoms with E-state index in [4.69, 9.17) is 10.00 Å². The average molecular weight is 230 g/mol. The molecule has 0 atom stereocenters. The molecule has 0 fully saturated rings. The zero-order chi connectivity index (χ0) is 11.5. The van der Waals surface area contributed by atoms with Crippen LogP contribution >= 0.6 is 11.3 Å². The molecule has 0 aliphatic heterocycles. The van der Waals surface area contributed by atoms with Crippen molar-refractivity contribution in [1.29, 1.82) is 5.26 Å². The number of rotatable bonds is 2. The predicted octanol–water partition coefficient (Wildman–Crippen LogP) is 3.42. The molecule has 0 aliphatic rings. The maximum atomic E-state index is 8.79. The number of thiophene rings is 1. The number of pyridine rings is 1. The van der Waals surface area contributed by atoms with Crippen molar-refractivity contribution >= 4 is 11.3 Å². The molecule has 2 aromatic heterocycles. The van der Waals surface area contributed by atoms with Crippen molar-refractivity contribution in [2.24, 2.45) is 0 Å². The predicted molar refractivity (Wildman–Crippen MR) is 62.8 cm³/mol. The van der Waals surface area contributed by atoms with Gasteiger partial charge in [0.15, 0.2) is 5.06 Å². The first-order valence-electron chi connectivity index (χ1n) is 4.79. The summed E-state index contributed by atoms with van der Waals surface area (Å²) < 4.78 is 5.58. The third kappa shape index (κ3) is 2.38. The third-order valence-electron chi connectivity index (χ3n) is 1.97. The normalized spacial score (nSPS) is 9.81. The van der Waals surface area contributed by atoms with Crippen molar-refractivity contribution in [1.82, 2.24) is 4.98 Å². The molecule has 3 nitrogen and oxygen atoms in total. The molecule has 0 spiro atoms. The summed E-state index contributed by atoms with van der Waals surface area (Å²) in [6, 6.07) is 7.50. The van der Waals surface area contributed by atoms with Gasteiger partial charge in [0.1, 0.15) is 11.8 Å². The summed E-state index contributed by atoms with van der Waals surface area (Å²) in [7, 11) is 0. The molecule has 0 aromatic carbocycles. The molecule has 2 heterocycles. The van der Waals surface area contributed by atoms with Gasteiger partial charge >= 0.3 is 0 Å². The van der Waals surface area contributed by atoms with E-state index in [1.54, 1.807) is 6.07 Å². The van der Waals surface area contributed by atoms with E-state index in [0.717, 1.165) is 16.2 Å². The SMILES string of the molecule is Cc1cc(C#N)nc(Oc2cc(C)cs2)c1. The lowest BCUT2D eigenvalue weighted by atomic mass is 10.2. The van der Waals surface area contributed by atoms with Crippen molar-refractivity contribution in [3.63, 3.8) is 0 Å². The van der Waals surface area contributed by atoms with Gasteiger partial charge in [-0.25, -0.2) is 4.98 Å². The fourth-order valence-corrected chi connectivity index (χ4v) is 2.06. The van der Waals surface area contributed by atoms with Gasteiger partial charge in [0, 0.05) is 6.07 Å². The molecule has 0 amide bonds.